The van der Waals surface area contributed by atoms with Crippen LogP contribution in [0.25, 0.3) is 0 Å². The Labute approximate surface area is 158 Å². The number of nitrogens with zero attached hydrogens (tertiary/aromatic N) is 3. The van der Waals surface area contributed by atoms with Crippen LogP contribution in [0.4, 0.5) is 17.5 Å². The summed E-state index contributed by atoms with van der Waals surface area (Å²) in [6, 6.07) is 18.8. The number of nitrogens with one attached hydrogen (secondary N) is 1. The lowest BCUT2D eigenvalue weighted by Crippen LogP contribution is -2.31. The highest BCUT2D eigenvalue weighted by Gasteiger charge is 2.15. The second-order valence-corrected chi connectivity index (χ2v) is 6.42. The van der Waals surface area contributed by atoms with Gasteiger partial charge in [-0.15, -0.1) is 0 Å². The van der Waals surface area contributed by atoms with Gasteiger partial charge in [-0.1, -0.05) is 42.5 Å². The Bertz CT molecular complexity index is 913. The smallest absolute Gasteiger partial charge is 0.337 e. The number of aromatic carboxylic acids is 1. The summed E-state index contributed by atoms with van der Waals surface area (Å²) in [5, 5.41) is 12.4. The van der Waals surface area contributed by atoms with Crippen LogP contribution in [0, 0.1) is 0 Å². The second-order valence-electron chi connectivity index (χ2n) is 6.42. The number of hydrogen-bond acceptors (Lipinski definition) is 5. The van der Waals surface area contributed by atoms with E-state index in [-0.39, 0.29) is 11.6 Å². The number of aromatic nitrogens is 2. The quantitative estimate of drug-likeness (QED) is 0.651. The zero-order chi connectivity index (χ0) is 19.2. The first-order valence-electron chi connectivity index (χ1n) is 8.77. The molecule has 1 heterocycles. The highest BCUT2D eigenvalue weighted by molar-refractivity contribution is 5.94. The molecule has 138 valence electrons. The van der Waals surface area contributed by atoms with Gasteiger partial charge in [0.15, 0.2) is 0 Å². The Morgan fingerprint density at radius 1 is 1.07 bits per heavy atom. The van der Waals surface area contributed by atoms with Crippen LogP contribution in [0.3, 0.4) is 0 Å². The molecule has 0 radical (unpaired) electrons. The van der Waals surface area contributed by atoms with Crippen molar-refractivity contribution < 1.29 is 9.90 Å². The molecule has 0 aliphatic carbocycles. The summed E-state index contributed by atoms with van der Waals surface area (Å²) in [5.41, 5.74) is 1.86. The van der Waals surface area contributed by atoms with E-state index in [1.54, 1.807) is 36.5 Å². The van der Waals surface area contributed by atoms with Crippen molar-refractivity contribution in [3.05, 3.63) is 78.0 Å². The summed E-state index contributed by atoms with van der Waals surface area (Å²) < 4.78 is 0. The summed E-state index contributed by atoms with van der Waals surface area (Å²) in [6.07, 6.45) is 1.68. The van der Waals surface area contributed by atoms with Gasteiger partial charge < -0.3 is 15.3 Å². The minimum Gasteiger partial charge on any atom is -0.478 e. The Morgan fingerprint density at radius 3 is 2.48 bits per heavy atom. The van der Waals surface area contributed by atoms with Crippen LogP contribution in [0.2, 0.25) is 0 Å². The standard InChI is InChI=1S/C21H22N4O2/c1-15(2)25(14-16-8-4-3-5-9-16)21-22-13-12-19(24-21)23-18-11-7-6-10-17(18)20(26)27/h3-13,15H,14H2,1-2H3,(H,26,27)(H,22,23,24). The molecule has 0 unspecified atom stereocenters. The summed E-state index contributed by atoms with van der Waals surface area (Å²) in [7, 11) is 0. The highest BCUT2D eigenvalue weighted by atomic mass is 16.4. The van der Waals surface area contributed by atoms with Gasteiger partial charge in [-0.3, -0.25) is 0 Å². The second kappa shape index (κ2) is 8.31. The first-order chi connectivity index (χ1) is 13.0. The van der Waals surface area contributed by atoms with Gasteiger partial charge in [-0.2, -0.15) is 4.98 Å². The maximum Gasteiger partial charge on any atom is 0.337 e. The van der Waals surface area contributed by atoms with Crippen LogP contribution in [-0.2, 0) is 6.54 Å². The molecule has 0 atom stereocenters. The Kier molecular flexibility index (Phi) is 5.66. The zero-order valence-electron chi connectivity index (χ0n) is 15.3. The minimum atomic E-state index is -0.986. The summed E-state index contributed by atoms with van der Waals surface area (Å²) in [4.78, 5) is 22.5. The molecule has 2 aromatic carbocycles. The molecule has 0 bridgehead atoms. The maximum atomic E-state index is 11.4. The fourth-order valence-corrected chi connectivity index (χ4v) is 2.74. The number of anilines is 3. The number of benzene rings is 2. The van der Waals surface area contributed by atoms with Gasteiger partial charge in [0.25, 0.3) is 0 Å². The van der Waals surface area contributed by atoms with E-state index in [9.17, 15) is 9.90 Å². The molecular formula is C21H22N4O2. The molecule has 0 spiro atoms. The molecule has 0 saturated heterocycles. The zero-order valence-corrected chi connectivity index (χ0v) is 15.3. The monoisotopic (exact) mass is 362 g/mol. The molecule has 2 N–H and O–H groups in total. The van der Waals surface area contributed by atoms with Gasteiger partial charge >= 0.3 is 5.97 Å². The van der Waals surface area contributed by atoms with Crippen molar-refractivity contribution in [3.8, 4) is 0 Å². The SMILES string of the molecule is CC(C)N(Cc1ccccc1)c1nccc(Nc2ccccc2C(=O)O)n1. The highest BCUT2D eigenvalue weighted by Crippen LogP contribution is 2.22. The molecule has 0 aliphatic heterocycles. The molecule has 3 aromatic rings. The fourth-order valence-electron chi connectivity index (χ4n) is 2.74. The van der Waals surface area contributed by atoms with E-state index in [1.807, 2.05) is 18.2 Å². The minimum absolute atomic E-state index is 0.197. The molecule has 0 amide bonds. The van der Waals surface area contributed by atoms with E-state index in [2.05, 4.69) is 46.2 Å². The first-order valence-corrected chi connectivity index (χ1v) is 8.77. The molecule has 0 saturated carbocycles. The van der Waals surface area contributed by atoms with Crippen LogP contribution in [0.5, 0.6) is 0 Å². The van der Waals surface area contributed by atoms with E-state index in [4.69, 9.17) is 0 Å². The predicted molar refractivity (Wildman–Crippen MR) is 106 cm³/mol. The summed E-state index contributed by atoms with van der Waals surface area (Å²) in [6.45, 7) is 4.87. The summed E-state index contributed by atoms with van der Waals surface area (Å²) >= 11 is 0. The first kappa shape index (κ1) is 18.4. The predicted octanol–water partition coefficient (Wildman–Crippen LogP) is 4.33. The van der Waals surface area contributed by atoms with Gasteiger partial charge in [-0.05, 0) is 37.6 Å². The van der Waals surface area contributed by atoms with E-state index in [0.29, 0.717) is 24.0 Å². The number of para-hydroxylation sites is 1. The van der Waals surface area contributed by atoms with E-state index in [0.717, 1.165) is 0 Å². The Balaban J connectivity index is 1.87. The average molecular weight is 362 g/mol. The number of rotatable bonds is 7. The fraction of sp³-hybridized carbons (Fsp3) is 0.190. The molecule has 27 heavy (non-hydrogen) atoms. The molecule has 0 aliphatic rings. The lowest BCUT2D eigenvalue weighted by molar-refractivity contribution is 0.0698. The third-order valence-electron chi connectivity index (χ3n) is 4.14. The van der Waals surface area contributed by atoms with Crippen molar-refractivity contribution in [2.45, 2.75) is 26.4 Å². The van der Waals surface area contributed by atoms with E-state index < -0.39 is 5.97 Å². The number of hydrogen-bond donors (Lipinski definition) is 2. The van der Waals surface area contributed by atoms with Crippen molar-refractivity contribution in [1.82, 2.24) is 9.97 Å². The number of carboxylic acid groups (broad SMARTS) is 1. The number of carboxylic acids is 1. The molecule has 6 heteroatoms. The molecule has 3 rings (SSSR count). The van der Waals surface area contributed by atoms with Crippen LogP contribution in [0.15, 0.2) is 66.9 Å². The lowest BCUT2D eigenvalue weighted by Gasteiger charge is -2.27. The van der Waals surface area contributed by atoms with Gasteiger partial charge in [0.05, 0.1) is 11.3 Å². The molecule has 1 aromatic heterocycles. The summed E-state index contributed by atoms with van der Waals surface area (Å²) in [5.74, 6) is 0.152. The molecule has 6 nitrogen and oxygen atoms in total. The Hall–Kier alpha value is -3.41. The van der Waals surface area contributed by atoms with Crippen LogP contribution < -0.4 is 10.2 Å². The third-order valence-corrected chi connectivity index (χ3v) is 4.14. The van der Waals surface area contributed by atoms with Gasteiger partial charge in [-0.25, -0.2) is 9.78 Å². The van der Waals surface area contributed by atoms with Crippen molar-refractivity contribution in [2.75, 3.05) is 10.2 Å². The van der Waals surface area contributed by atoms with Crippen LogP contribution in [0.1, 0.15) is 29.8 Å². The van der Waals surface area contributed by atoms with Crippen molar-refractivity contribution in [1.29, 1.82) is 0 Å². The largest absolute Gasteiger partial charge is 0.478 e. The van der Waals surface area contributed by atoms with Crippen molar-refractivity contribution in [2.24, 2.45) is 0 Å². The van der Waals surface area contributed by atoms with E-state index in [1.165, 1.54) is 5.56 Å². The van der Waals surface area contributed by atoms with Crippen LogP contribution in [-0.4, -0.2) is 27.1 Å². The van der Waals surface area contributed by atoms with Gasteiger partial charge in [0, 0.05) is 18.8 Å². The average Bonchev–Trinajstić information content (AvgIpc) is 2.67. The van der Waals surface area contributed by atoms with Gasteiger partial charge in [0.2, 0.25) is 5.95 Å². The molecule has 0 fully saturated rings. The number of carbonyl (C=O) groups is 1. The normalized spacial score (nSPS) is 10.6. The lowest BCUT2D eigenvalue weighted by atomic mass is 10.2. The maximum absolute atomic E-state index is 11.4. The Morgan fingerprint density at radius 2 is 1.78 bits per heavy atom. The van der Waals surface area contributed by atoms with Crippen molar-refractivity contribution >= 4 is 23.4 Å². The van der Waals surface area contributed by atoms with Gasteiger partial charge in [0.1, 0.15) is 5.82 Å². The van der Waals surface area contributed by atoms with E-state index >= 15 is 0 Å². The van der Waals surface area contributed by atoms with Crippen molar-refractivity contribution in [3.63, 3.8) is 0 Å². The van der Waals surface area contributed by atoms with Crippen LogP contribution >= 0.6 is 0 Å². The topological polar surface area (TPSA) is 78.4 Å². The molecular weight excluding hydrogens is 340 g/mol. The third kappa shape index (κ3) is 4.61.